The Hall–Kier alpha value is -1.92. The summed E-state index contributed by atoms with van der Waals surface area (Å²) in [4.78, 5) is 24.7. The minimum atomic E-state index is -0.455. The van der Waals surface area contributed by atoms with Gasteiger partial charge in [-0.05, 0) is 29.3 Å². The predicted octanol–water partition coefficient (Wildman–Crippen LogP) is 4.23. The standard InChI is InChI=1S/C19H18N2O2S2/c22-17-11-15(14-6-1-2-7-16(14)21-17)18(23)20-13-5-3-4-12(10-13)19-24-8-9-25-19/h1-7,10,15,19H,8-9,11H2,(H,20,23)(H,21,22)/t15-/m1/s1. The van der Waals surface area contributed by atoms with E-state index in [0.717, 1.165) is 16.9 Å². The van der Waals surface area contributed by atoms with Crippen molar-refractivity contribution in [3.05, 3.63) is 59.7 Å². The molecule has 0 spiro atoms. The maximum Gasteiger partial charge on any atom is 0.232 e. The highest BCUT2D eigenvalue weighted by atomic mass is 32.2. The highest BCUT2D eigenvalue weighted by molar-refractivity contribution is 8.19. The molecule has 6 heteroatoms. The van der Waals surface area contributed by atoms with Gasteiger partial charge in [0.05, 0.1) is 10.5 Å². The number of rotatable bonds is 3. The molecular formula is C19H18N2O2S2. The second kappa shape index (κ2) is 7.14. The van der Waals surface area contributed by atoms with E-state index in [9.17, 15) is 9.59 Å². The van der Waals surface area contributed by atoms with Crippen molar-refractivity contribution in [3.63, 3.8) is 0 Å². The highest BCUT2D eigenvalue weighted by Crippen LogP contribution is 2.45. The van der Waals surface area contributed by atoms with Gasteiger partial charge in [0.15, 0.2) is 0 Å². The van der Waals surface area contributed by atoms with Crippen LogP contribution in [0.5, 0.6) is 0 Å². The smallest absolute Gasteiger partial charge is 0.232 e. The van der Waals surface area contributed by atoms with E-state index in [1.165, 1.54) is 17.1 Å². The summed E-state index contributed by atoms with van der Waals surface area (Å²) in [5.74, 6) is 1.63. The van der Waals surface area contributed by atoms with Crippen molar-refractivity contribution in [3.8, 4) is 0 Å². The largest absolute Gasteiger partial charge is 0.326 e. The van der Waals surface area contributed by atoms with Crippen LogP contribution in [0.1, 0.15) is 28.0 Å². The molecule has 0 bridgehead atoms. The van der Waals surface area contributed by atoms with Crippen LogP contribution in [0, 0.1) is 0 Å². The van der Waals surface area contributed by atoms with Gasteiger partial charge in [-0.25, -0.2) is 0 Å². The fourth-order valence-corrected chi connectivity index (χ4v) is 6.03. The average molecular weight is 370 g/mol. The fourth-order valence-electron chi connectivity index (χ4n) is 3.19. The summed E-state index contributed by atoms with van der Waals surface area (Å²) < 4.78 is 0.443. The molecular weight excluding hydrogens is 352 g/mol. The maximum absolute atomic E-state index is 12.8. The van der Waals surface area contributed by atoms with Gasteiger partial charge in [-0.2, -0.15) is 0 Å². The molecule has 1 atom stereocenters. The SMILES string of the molecule is O=C1C[C@@H](C(=O)Nc2cccc(C3SCCS3)c2)c2ccccc2N1. The zero-order valence-electron chi connectivity index (χ0n) is 13.5. The van der Waals surface area contributed by atoms with Gasteiger partial charge in [0.1, 0.15) is 0 Å². The number of hydrogen-bond donors (Lipinski definition) is 2. The van der Waals surface area contributed by atoms with Gasteiger partial charge < -0.3 is 10.6 Å². The molecule has 0 aromatic heterocycles. The van der Waals surface area contributed by atoms with Crippen molar-refractivity contribution in [2.45, 2.75) is 16.9 Å². The molecule has 2 aliphatic heterocycles. The molecule has 0 aliphatic carbocycles. The van der Waals surface area contributed by atoms with Gasteiger partial charge >= 0.3 is 0 Å². The molecule has 4 nitrogen and oxygen atoms in total. The lowest BCUT2D eigenvalue weighted by atomic mass is 9.90. The molecule has 2 N–H and O–H groups in total. The Morgan fingerprint density at radius 2 is 1.88 bits per heavy atom. The van der Waals surface area contributed by atoms with E-state index < -0.39 is 5.92 Å². The van der Waals surface area contributed by atoms with Crippen LogP contribution in [0.2, 0.25) is 0 Å². The molecule has 2 aliphatic rings. The van der Waals surface area contributed by atoms with Crippen molar-refractivity contribution < 1.29 is 9.59 Å². The predicted molar refractivity (Wildman–Crippen MR) is 105 cm³/mol. The quantitative estimate of drug-likeness (QED) is 0.849. The topological polar surface area (TPSA) is 58.2 Å². The summed E-state index contributed by atoms with van der Waals surface area (Å²) in [6.45, 7) is 0. The number of nitrogens with one attached hydrogen (secondary N) is 2. The molecule has 4 rings (SSSR count). The van der Waals surface area contributed by atoms with Gasteiger partial charge in [-0.15, -0.1) is 23.5 Å². The van der Waals surface area contributed by atoms with Gasteiger partial charge in [-0.1, -0.05) is 30.3 Å². The molecule has 25 heavy (non-hydrogen) atoms. The number of carbonyl (C=O) groups excluding carboxylic acids is 2. The van der Waals surface area contributed by atoms with Crippen molar-refractivity contribution in [2.75, 3.05) is 22.1 Å². The third-order valence-corrected chi connectivity index (χ3v) is 7.47. The summed E-state index contributed by atoms with van der Waals surface area (Å²) in [5.41, 5.74) is 3.62. The number of para-hydroxylation sites is 1. The highest BCUT2D eigenvalue weighted by Gasteiger charge is 2.30. The first-order chi connectivity index (χ1) is 12.2. The lowest BCUT2D eigenvalue weighted by molar-refractivity contribution is -0.123. The molecule has 1 saturated heterocycles. The van der Waals surface area contributed by atoms with E-state index in [1.54, 1.807) is 0 Å². The lowest BCUT2D eigenvalue weighted by Crippen LogP contribution is -2.30. The van der Waals surface area contributed by atoms with Crippen LogP contribution in [-0.2, 0) is 9.59 Å². The second-order valence-electron chi connectivity index (χ2n) is 6.08. The summed E-state index contributed by atoms with van der Waals surface area (Å²) in [7, 11) is 0. The van der Waals surface area contributed by atoms with E-state index in [2.05, 4.69) is 16.7 Å². The van der Waals surface area contributed by atoms with Gasteiger partial charge in [0.25, 0.3) is 0 Å². The first-order valence-electron chi connectivity index (χ1n) is 8.23. The van der Waals surface area contributed by atoms with Crippen LogP contribution < -0.4 is 10.6 Å². The molecule has 0 unspecified atom stereocenters. The van der Waals surface area contributed by atoms with Crippen LogP contribution in [0.3, 0.4) is 0 Å². The van der Waals surface area contributed by atoms with Crippen LogP contribution in [-0.4, -0.2) is 23.3 Å². The summed E-state index contributed by atoms with van der Waals surface area (Å²) in [6.07, 6.45) is 0.177. The van der Waals surface area contributed by atoms with Crippen LogP contribution in [0.15, 0.2) is 48.5 Å². The minimum Gasteiger partial charge on any atom is -0.326 e. The first kappa shape index (κ1) is 16.5. The molecule has 128 valence electrons. The number of anilines is 2. The van der Waals surface area contributed by atoms with E-state index in [1.807, 2.05) is 66.0 Å². The zero-order chi connectivity index (χ0) is 17.2. The molecule has 2 heterocycles. The molecule has 2 aromatic carbocycles. The van der Waals surface area contributed by atoms with Crippen molar-refractivity contribution >= 4 is 46.7 Å². The normalized spacial score (nSPS) is 20.0. The molecule has 2 amide bonds. The van der Waals surface area contributed by atoms with Crippen molar-refractivity contribution in [2.24, 2.45) is 0 Å². The lowest BCUT2D eigenvalue weighted by Gasteiger charge is -2.24. The average Bonchev–Trinajstić information content (AvgIpc) is 3.16. The van der Waals surface area contributed by atoms with Gasteiger partial charge in [-0.3, -0.25) is 9.59 Å². The Morgan fingerprint density at radius 1 is 1.08 bits per heavy atom. The van der Waals surface area contributed by atoms with E-state index in [4.69, 9.17) is 0 Å². The van der Waals surface area contributed by atoms with Gasteiger partial charge in [0.2, 0.25) is 11.8 Å². The third kappa shape index (κ3) is 3.55. The Balaban J connectivity index is 1.54. The number of benzene rings is 2. The van der Waals surface area contributed by atoms with E-state index in [-0.39, 0.29) is 18.2 Å². The Morgan fingerprint density at radius 3 is 2.72 bits per heavy atom. The third-order valence-electron chi connectivity index (χ3n) is 4.36. The van der Waals surface area contributed by atoms with Crippen LogP contribution in [0.4, 0.5) is 11.4 Å². The molecule has 1 fully saturated rings. The number of fused-ring (bicyclic) bond motifs is 1. The second-order valence-corrected chi connectivity index (χ2v) is 8.80. The van der Waals surface area contributed by atoms with E-state index >= 15 is 0 Å². The Kier molecular flexibility index (Phi) is 4.72. The summed E-state index contributed by atoms with van der Waals surface area (Å²) in [6, 6.07) is 15.5. The van der Waals surface area contributed by atoms with Crippen molar-refractivity contribution in [1.29, 1.82) is 0 Å². The Labute approximate surface area is 155 Å². The number of hydrogen-bond acceptors (Lipinski definition) is 4. The fraction of sp³-hybridized carbons (Fsp3) is 0.263. The van der Waals surface area contributed by atoms with Crippen molar-refractivity contribution in [1.82, 2.24) is 0 Å². The Bertz CT molecular complexity index is 819. The first-order valence-corrected chi connectivity index (χ1v) is 10.3. The molecule has 0 saturated carbocycles. The van der Waals surface area contributed by atoms with E-state index in [0.29, 0.717) is 4.58 Å². The van der Waals surface area contributed by atoms with Gasteiger partial charge in [0, 0.05) is 29.3 Å². The number of thioether (sulfide) groups is 2. The molecule has 2 aromatic rings. The maximum atomic E-state index is 12.8. The summed E-state index contributed by atoms with van der Waals surface area (Å²) in [5, 5.41) is 5.83. The zero-order valence-corrected chi connectivity index (χ0v) is 15.2. The number of carbonyl (C=O) groups is 2. The van der Waals surface area contributed by atoms with Crippen LogP contribution >= 0.6 is 23.5 Å². The number of amides is 2. The van der Waals surface area contributed by atoms with Crippen LogP contribution in [0.25, 0.3) is 0 Å². The monoisotopic (exact) mass is 370 g/mol. The molecule has 0 radical (unpaired) electrons. The summed E-state index contributed by atoms with van der Waals surface area (Å²) >= 11 is 3.88. The minimum absolute atomic E-state index is 0.119.